The molecule has 0 amide bonds. The molecule has 0 aliphatic rings. The number of aromatic nitrogens is 1. The molecule has 98 valence electrons. The van der Waals surface area contributed by atoms with Gasteiger partial charge in [0.1, 0.15) is 0 Å². The first-order chi connectivity index (χ1) is 7.74. The molecular weight excluding hydrogens is 236 g/mol. The van der Waals surface area contributed by atoms with Crippen molar-refractivity contribution in [1.29, 1.82) is 0 Å². The summed E-state index contributed by atoms with van der Waals surface area (Å²) >= 11 is 0. The average molecular weight is 259 g/mol. The highest BCUT2D eigenvalue weighted by molar-refractivity contribution is 6.82. The Morgan fingerprint density at radius 1 is 0.824 bits per heavy atom. The van der Waals surface area contributed by atoms with E-state index in [0.717, 1.165) is 0 Å². The van der Waals surface area contributed by atoms with Crippen LogP contribution in [-0.2, 0) is 0 Å². The van der Waals surface area contributed by atoms with Gasteiger partial charge in [0.2, 0.25) is 0 Å². The van der Waals surface area contributed by atoms with Crippen molar-refractivity contribution in [2.75, 3.05) is 0 Å². The highest BCUT2D eigenvalue weighted by atomic mass is 28.3. The topological polar surface area (TPSA) is 4.93 Å². The van der Waals surface area contributed by atoms with E-state index in [1.807, 2.05) is 4.23 Å². The van der Waals surface area contributed by atoms with Crippen LogP contribution in [0.3, 0.4) is 0 Å². The van der Waals surface area contributed by atoms with E-state index >= 15 is 0 Å². The van der Waals surface area contributed by atoms with Crippen molar-refractivity contribution < 1.29 is 8.78 Å². The van der Waals surface area contributed by atoms with E-state index in [0.29, 0.717) is 16.6 Å². The van der Waals surface area contributed by atoms with Gasteiger partial charge in [-0.25, -0.2) is 8.78 Å². The van der Waals surface area contributed by atoms with E-state index in [1.165, 1.54) is 12.4 Å². The number of hydrogen-bond acceptors (Lipinski definition) is 0. The molecule has 1 aromatic heterocycles. The van der Waals surface area contributed by atoms with Gasteiger partial charge in [-0.15, -0.1) is 0 Å². The summed E-state index contributed by atoms with van der Waals surface area (Å²) < 4.78 is 28.4. The second-order valence-corrected chi connectivity index (χ2v) is 11.5. The van der Waals surface area contributed by atoms with Crippen molar-refractivity contribution in [3.8, 4) is 0 Å². The summed E-state index contributed by atoms with van der Waals surface area (Å²) in [5.41, 5.74) is 1.32. The average Bonchev–Trinajstić information content (AvgIpc) is 2.45. The van der Waals surface area contributed by atoms with Gasteiger partial charge in [0.25, 0.3) is 0 Å². The SMILES string of the molecule is CC(C)[Si](C(C)C)(C(C)C)n1cc(F)c(F)c1. The van der Waals surface area contributed by atoms with Gasteiger partial charge in [-0.3, -0.25) is 0 Å². The summed E-state index contributed by atoms with van der Waals surface area (Å²) in [7, 11) is -1.98. The van der Waals surface area contributed by atoms with Gasteiger partial charge >= 0.3 is 0 Å². The minimum Gasteiger partial charge on any atom is -0.375 e. The Morgan fingerprint density at radius 3 is 1.35 bits per heavy atom. The smallest absolute Gasteiger partial charge is 0.175 e. The molecule has 4 heteroatoms. The Labute approximate surface area is 104 Å². The zero-order valence-corrected chi connectivity index (χ0v) is 12.6. The van der Waals surface area contributed by atoms with Gasteiger partial charge < -0.3 is 4.23 Å². The first-order valence-electron chi connectivity index (χ1n) is 6.28. The maximum Gasteiger partial charge on any atom is 0.175 e. The Morgan fingerprint density at radius 2 is 1.12 bits per heavy atom. The highest BCUT2D eigenvalue weighted by Gasteiger charge is 2.45. The lowest BCUT2D eigenvalue weighted by molar-refractivity contribution is 0.516. The molecule has 1 aromatic rings. The van der Waals surface area contributed by atoms with Crippen LogP contribution < -0.4 is 0 Å². The van der Waals surface area contributed by atoms with Crippen LogP contribution >= 0.6 is 0 Å². The number of halogens is 2. The van der Waals surface area contributed by atoms with Crippen LogP contribution in [0.25, 0.3) is 0 Å². The van der Waals surface area contributed by atoms with E-state index in [1.54, 1.807) is 0 Å². The summed E-state index contributed by atoms with van der Waals surface area (Å²) in [6.45, 7) is 13.0. The van der Waals surface area contributed by atoms with Crippen molar-refractivity contribution in [2.24, 2.45) is 0 Å². The third kappa shape index (κ3) is 2.19. The first-order valence-corrected chi connectivity index (χ1v) is 8.45. The molecule has 0 bridgehead atoms. The predicted molar refractivity (Wildman–Crippen MR) is 70.8 cm³/mol. The molecule has 0 aromatic carbocycles. The Bertz CT molecular complexity index is 341. The van der Waals surface area contributed by atoms with Crippen LogP contribution in [0.15, 0.2) is 12.4 Å². The normalized spacial score (nSPS) is 13.1. The zero-order valence-electron chi connectivity index (χ0n) is 11.6. The van der Waals surface area contributed by atoms with Crippen molar-refractivity contribution >= 4 is 8.24 Å². The number of nitrogens with zero attached hydrogens (tertiary/aromatic N) is 1. The summed E-state index contributed by atoms with van der Waals surface area (Å²) in [6, 6.07) is 0. The fourth-order valence-electron chi connectivity index (χ4n) is 3.52. The lowest BCUT2D eigenvalue weighted by atomic mass is 10.5. The van der Waals surface area contributed by atoms with Crippen LogP contribution in [0.2, 0.25) is 16.6 Å². The quantitative estimate of drug-likeness (QED) is 0.685. The van der Waals surface area contributed by atoms with E-state index in [2.05, 4.69) is 41.5 Å². The molecule has 0 radical (unpaired) electrons. The van der Waals surface area contributed by atoms with Crippen molar-refractivity contribution in [2.45, 2.75) is 58.2 Å². The van der Waals surface area contributed by atoms with Crippen LogP contribution in [0.4, 0.5) is 8.78 Å². The van der Waals surface area contributed by atoms with Gasteiger partial charge in [0.15, 0.2) is 19.9 Å². The van der Waals surface area contributed by atoms with Crippen LogP contribution in [0, 0.1) is 11.6 Å². The summed E-state index contributed by atoms with van der Waals surface area (Å²) in [6.07, 6.45) is 2.70. The maximum atomic E-state index is 13.3. The lowest BCUT2D eigenvalue weighted by Crippen LogP contribution is -2.51. The molecule has 0 atom stereocenters. The van der Waals surface area contributed by atoms with E-state index in [9.17, 15) is 8.78 Å². The van der Waals surface area contributed by atoms with Crippen molar-refractivity contribution in [1.82, 2.24) is 4.23 Å². The van der Waals surface area contributed by atoms with Crippen LogP contribution in [-0.4, -0.2) is 12.5 Å². The molecule has 0 N–H and O–H groups in total. The standard InChI is InChI=1S/C13H23F2NSi/c1-9(2)17(10(3)4,11(5)6)16-7-12(14)13(15)8-16/h7-11H,1-6H3. The monoisotopic (exact) mass is 259 g/mol. The third-order valence-electron chi connectivity index (χ3n) is 3.95. The van der Waals surface area contributed by atoms with Gasteiger partial charge in [-0.2, -0.15) is 0 Å². The van der Waals surface area contributed by atoms with E-state index in [-0.39, 0.29) is 0 Å². The second-order valence-electron chi connectivity index (χ2n) is 5.71. The minimum atomic E-state index is -1.98. The maximum absolute atomic E-state index is 13.3. The third-order valence-corrected chi connectivity index (χ3v) is 10.7. The summed E-state index contributed by atoms with van der Waals surface area (Å²) in [5.74, 6) is -1.47. The first kappa shape index (κ1) is 14.4. The Hall–Kier alpha value is -0.643. The Kier molecular flexibility index (Phi) is 4.18. The molecule has 0 fully saturated rings. The second kappa shape index (κ2) is 4.92. The van der Waals surface area contributed by atoms with Crippen LogP contribution in [0.1, 0.15) is 41.5 Å². The molecular formula is C13H23F2NSi. The molecule has 0 saturated heterocycles. The fraction of sp³-hybridized carbons (Fsp3) is 0.692. The highest BCUT2D eigenvalue weighted by Crippen LogP contribution is 2.42. The largest absolute Gasteiger partial charge is 0.375 e. The number of rotatable bonds is 4. The molecule has 0 aliphatic heterocycles. The summed E-state index contributed by atoms with van der Waals surface area (Å²) in [4.78, 5) is 0. The van der Waals surface area contributed by atoms with Crippen molar-refractivity contribution in [3.63, 3.8) is 0 Å². The lowest BCUT2D eigenvalue weighted by Gasteiger charge is -2.43. The van der Waals surface area contributed by atoms with E-state index in [4.69, 9.17) is 0 Å². The summed E-state index contributed by atoms with van der Waals surface area (Å²) in [5, 5.41) is 0. The van der Waals surface area contributed by atoms with Crippen molar-refractivity contribution in [3.05, 3.63) is 24.0 Å². The van der Waals surface area contributed by atoms with Gasteiger partial charge in [0.05, 0.1) is 0 Å². The molecule has 0 aliphatic carbocycles. The molecule has 1 rings (SSSR count). The predicted octanol–water partition coefficient (Wildman–Crippen LogP) is 4.79. The molecule has 0 spiro atoms. The molecule has 1 nitrogen and oxygen atoms in total. The molecule has 17 heavy (non-hydrogen) atoms. The van der Waals surface area contributed by atoms with E-state index < -0.39 is 19.9 Å². The van der Waals surface area contributed by atoms with Gasteiger partial charge in [-0.1, -0.05) is 41.5 Å². The zero-order chi connectivity index (χ0) is 13.4. The number of hydrogen-bond donors (Lipinski definition) is 0. The van der Waals surface area contributed by atoms with Gasteiger partial charge in [-0.05, 0) is 16.6 Å². The molecule has 0 unspecified atom stereocenters. The minimum absolute atomic E-state index is 0.439. The molecule has 1 heterocycles. The van der Waals surface area contributed by atoms with Gasteiger partial charge in [0, 0.05) is 12.4 Å². The fourth-order valence-corrected chi connectivity index (χ4v) is 9.99. The molecule has 0 saturated carbocycles. The van der Waals surface area contributed by atoms with Crippen LogP contribution in [0.5, 0.6) is 0 Å². The Balaban J connectivity index is 3.41.